The van der Waals surface area contributed by atoms with E-state index in [4.69, 9.17) is 0 Å². The minimum atomic E-state index is -0.421. The first-order valence-corrected chi connectivity index (χ1v) is 5.14. The van der Waals surface area contributed by atoms with Crippen molar-refractivity contribution in [3.63, 3.8) is 0 Å². The van der Waals surface area contributed by atoms with E-state index in [-0.39, 0.29) is 17.7 Å². The molecule has 0 aliphatic heterocycles. The van der Waals surface area contributed by atoms with Crippen LogP contribution in [0.25, 0.3) is 0 Å². The van der Waals surface area contributed by atoms with Crippen molar-refractivity contribution in [2.75, 3.05) is 6.54 Å². The predicted octanol–water partition coefficient (Wildman–Crippen LogP) is 0.283. The van der Waals surface area contributed by atoms with E-state index >= 15 is 0 Å². The molecule has 0 aromatic heterocycles. The van der Waals surface area contributed by atoms with Gasteiger partial charge in [0.25, 0.3) is 0 Å². The van der Waals surface area contributed by atoms with Crippen molar-refractivity contribution in [1.82, 2.24) is 10.6 Å². The van der Waals surface area contributed by atoms with Gasteiger partial charge in [0, 0.05) is 12.5 Å². The van der Waals surface area contributed by atoms with Gasteiger partial charge in [0.15, 0.2) is 0 Å². The van der Waals surface area contributed by atoms with Crippen molar-refractivity contribution in [1.29, 1.82) is 0 Å². The Balaban J connectivity index is 2.29. The molecule has 1 fully saturated rings. The van der Waals surface area contributed by atoms with Crippen LogP contribution in [0.2, 0.25) is 0 Å². The van der Waals surface area contributed by atoms with Gasteiger partial charge in [-0.3, -0.25) is 9.59 Å². The topological polar surface area (TPSA) is 58.2 Å². The molecular formula is C10H18N2O2. The van der Waals surface area contributed by atoms with Gasteiger partial charge in [-0.1, -0.05) is 6.92 Å². The molecule has 1 saturated carbocycles. The minimum absolute atomic E-state index is 0.0104. The van der Waals surface area contributed by atoms with Crippen LogP contribution in [0.3, 0.4) is 0 Å². The third-order valence-corrected chi connectivity index (χ3v) is 2.55. The van der Waals surface area contributed by atoms with E-state index in [0.717, 1.165) is 6.42 Å². The fraction of sp³-hybridized carbons (Fsp3) is 0.800. The molecule has 4 nitrogen and oxygen atoms in total. The maximum Gasteiger partial charge on any atom is 0.242 e. The van der Waals surface area contributed by atoms with Crippen molar-refractivity contribution < 1.29 is 9.59 Å². The van der Waals surface area contributed by atoms with Crippen molar-refractivity contribution in [2.24, 2.45) is 11.8 Å². The lowest BCUT2D eigenvalue weighted by molar-refractivity contribution is -0.129. The quantitative estimate of drug-likeness (QED) is 0.682. The first-order valence-electron chi connectivity index (χ1n) is 5.14. The molecule has 3 atom stereocenters. The Bertz CT molecular complexity index is 240. The second-order valence-electron chi connectivity index (χ2n) is 3.94. The maximum atomic E-state index is 11.4. The first kappa shape index (κ1) is 11.0. The zero-order valence-electron chi connectivity index (χ0n) is 8.96. The number of carbonyl (C=O) groups excluding carboxylic acids is 2. The summed E-state index contributed by atoms with van der Waals surface area (Å²) >= 11 is 0. The molecule has 80 valence electrons. The lowest BCUT2D eigenvalue weighted by atomic mass is 10.2. The largest absolute Gasteiger partial charge is 0.355 e. The van der Waals surface area contributed by atoms with Crippen LogP contribution in [0.15, 0.2) is 0 Å². The highest BCUT2D eigenvalue weighted by molar-refractivity contribution is 5.89. The molecule has 0 heterocycles. The van der Waals surface area contributed by atoms with Crippen LogP contribution in [-0.2, 0) is 9.59 Å². The Morgan fingerprint density at radius 3 is 2.50 bits per heavy atom. The van der Waals surface area contributed by atoms with Crippen LogP contribution in [-0.4, -0.2) is 24.4 Å². The zero-order chi connectivity index (χ0) is 10.7. The molecule has 4 heteroatoms. The molecule has 1 rings (SSSR count). The van der Waals surface area contributed by atoms with E-state index in [1.54, 1.807) is 6.92 Å². The molecular weight excluding hydrogens is 180 g/mol. The Morgan fingerprint density at radius 1 is 1.50 bits per heavy atom. The van der Waals surface area contributed by atoms with Gasteiger partial charge in [0.2, 0.25) is 11.8 Å². The fourth-order valence-corrected chi connectivity index (χ4v) is 1.40. The summed E-state index contributed by atoms with van der Waals surface area (Å²) in [5.74, 6) is 0.508. The van der Waals surface area contributed by atoms with Crippen LogP contribution in [0.5, 0.6) is 0 Å². The molecule has 0 spiro atoms. The van der Waals surface area contributed by atoms with Crippen LogP contribution < -0.4 is 10.6 Å². The SMILES string of the molecule is CCNC(=O)C(C)NC(=O)C1CC1C. The summed E-state index contributed by atoms with van der Waals surface area (Å²) in [4.78, 5) is 22.7. The second-order valence-corrected chi connectivity index (χ2v) is 3.94. The van der Waals surface area contributed by atoms with E-state index < -0.39 is 6.04 Å². The highest BCUT2D eigenvalue weighted by atomic mass is 16.2. The Labute approximate surface area is 84.4 Å². The standard InChI is InChI=1S/C10H18N2O2/c1-4-11-9(13)7(3)12-10(14)8-5-6(8)2/h6-8H,4-5H2,1-3H3,(H,11,13)(H,12,14). The van der Waals surface area contributed by atoms with Crippen LogP contribution >= 0.6 is 0 Å². The van der Waals surface area contributed by atoms with Crippen molar-refractivity contribution in [2.45, 2.75) is 33.2 Å². The molecule has 1 aliphatic rings. The number of hydrogen-bond donors (Lipinski definition) is 2. The first-order chi connectivity index (χ1) is 6.56. The summed E-state index contributed by atoms with van der Waals surface area (Å²) in [6.07, 6.45) is 0.952. The second kappa shape index (κ2) is 4.44. The monoisotopic (exact) mass is 198 g/mol. The number of amides is 2. The van der Waals surface area contributed by atoms with E-state index in [0.29, 0.717) is 12.5 Å². The predicted molar refractivity (Wildman–Crippen MR) is 53.6 cm³/mol. The van der Waals surface area contributed by atoms with Gasteiger partial charge in [0.05, 0.1) is 0 Å². The molecule has 0 radical (unpaired) electrons. The van der Waals surface area contributed by atoms with Crippen molar-refractivity contribution >= 4 is 11.8 Å². The molecule has 0 bridgehead atoms. The number of rotatable bonds is 4. The molecule has 0 aromatic rings. The van der Waals surface area contributed by atoms with E-state index in [9.17, 15) is 9.59 Å². The molecule has 14 heavy (non-hydrogen) atoms. The van der Waals surface area contributed by atoms with Crippen LogP contribution in [0.4, 0.5) is 0 Å². The number of nitrogens with one attached hydrogen (secondary N) is 2. The number of likely N-dealkylation sites (N-methyl/N-ethyl adjacent to an activating group) is 1. The van der Waals surface area contributed by atoms with Gasteiger partial charge in [-0.2, -0.15) is 0 Å². The average Bonchev–Trinajstić information content (AvgIpc) is 2.83. The molecule has 3 unspecified atom stereocenters. The van der Waals surface area contributed by atoms with Gasteiger partial charge in [-0.25, -0.2) is 0 Å². The Kier molecular flexibility index (Phi) is 3.49. The van der Waals surface area contributed by atoms with Gasteiger partial charge in [-0.15, -0.1) is 0 Å². The van der Waals surface area contributed by atoms with Crippen LogP contribution in [0.1, 0.15) is 27.2 Å². The van der Waals surface area contributed by atoms with Crippen molar-refractivity contribution in [3.8, 4) is 0 Å². The van der Waals surface area contributed by atoms with Crippen LogP contribution in [0, 0.1) is 11.8 Å². The summed E-state index contributed by atoms with van der Waals surface area (Å²) < 4.78 is 0. The summed E-state index contributed by atoms with van der Waals surface area (Å²) in [5, 5.41) is 5.37. The third kappa shape index (κ3) is 2.72. The number of carbonyl (C=O) groups is 2. The average molecular weight is 198 g/mol. The number of hydrogen-bond acceptors (Lipinski definition) is 2. The molecule has 0 aromatic carbocycles. The lowest BCUT2D eigenvalue weighted by Gasteiger charge is -2.12. The zero-order valence-corrected chi connectivity index (χ0v) is 8.96. The molecule has 2 amide bonds. The minimum Gasteiger partial charge on any atom is -0.355 e. The highest BCUT2D eigenvalue weighted by Crippen LogP contribution is 2.37. The molecule has 2 N–H and O–H groups in total. The normalized spacial score (nSPS) is 26.5. The molecule has 0 saturated heterocycles. The lowest BCUT2D eigenvalue weighted by Crippen LogP contribution is -2.45. The summed E-state index contributed by atoms with van der Waals surface area (Å²) in [5.41, 5.74) is 0. The van der Waals surface area contributed by atoms with Gasteiger partial charge in [0.1, 0.15) is 6.04 Å². The van der Waals surface area contributed by atoms with Gasteiger partial charge >= 0.3 is 0 Å². The third-order valence-electron chi connectivity index (χ3n) is 2.55. The summed E-state index contributed by atoms with van der Waals surface area (Å²) in [7, 11) is 0. The summed E-state index contributed by atoms with van der Waals surface area (Å²) in [6, 6.07) is -0.421. The Morgan fingerprint density at radius 2 is 2.07 bits per heavy atom. The van der Waals surface area contributed by atoms with E-state index in [1.165, 1.54) is 0 Å². The highest BCUT2D eigenvalue weighted by Gasteiger charge is 2.39. The Hall–Kier alpha value is -1.06. The van der Waals surface area contributed by atoms with Gasteiger partial charge in [-0.05, 0) is 26.2 Å². The van der Waals surface area contributed by atoms with Gasteiger partial charge < -0.3 is 10.6 Å². The summed E-state index contributed by atoms with van der Waals surface area (Å²) in [6.45, 7) is 6.20. The smallest absolute Gasteiger partial charge is 0.242 e. The fourth-order valence-electron chi connectivity index (χ4n) is 1.40. The van der Waals surface area contributed by atoms with E-state index in [1.807, 2.05) is 13.8 Å². The van der Waals surface area contributed by atoms with E-state index in [2.05, 4.69) is 10.6 Å². The molecule has 1 aliphatic carbocycles. The maximum absolute atomic E-state index is 11.4. The van der Waals surface area contributed by atoms with Crippen molar-refractivity contribution in [3.05, 3.63) is 0 Å².